The highest BCUT2D eigenvalue weighted by Gasteiger charge is 2.41. The van der Waals surface area contributed by atoms with E-state index in [9.17, 15) is 13.2 Å². The third kappa shape index (κ3) is 3.34. The molecular weight excluding hydrogens is 374 g/mol. The predicted molar refractivity (Wildman–Crippen MR) is 99.1 cm³/mol. The summed E-state index contributed by atoms with van der Waals surface area (Å²) in [5, 5.41) is 3.10. The zero-order valence-electron chi connectivity index (χ0n) is 14.3. The molecule has 1 aliphatic carbocycles. The van der Waals surface area contributed by atoms with Gasteiger partial charge < -0.3 is 4.74 Å². The Hall–Kier alpha value is -1.97. The number of fused-ring (bicyclic) bond motifs is 1. The number of anilines is 1. The minimum absolute atomic E-state index is 0.203. The number of carbonyl (C=O) groups is 1. The predicted octanol–water partition coefficient (Wildman–Crippen LogP) is 2.25. The Morgan fingerprint density at radius 3 is 2.69 bits per heavy atom. The van der Waals surface area contributed by atoms with Crippen LogP contribution in [-0.2, 0) is 23.0 Å². The molecule has 138 valence electrons. The van der Waals surface area contributed by atoms with Crippen LogP contribution < -0.4 is 10.1 Å². The summed E-state index contributed by atoms with van der Waals surface area (Å²) < 4.78 is 31.5. The van der Waals surface area contributed by atoms with Crippen LogP contribution in [0, 0.1) is 0 Å². The average molecular weight is 393 g/mol. The van der Waals surface area contributed by atoms with Crippen molar-refractivity contribution in [2.45, 2.75) is 31.1 Å². The summed E-state index contributed by atoms with van der Waals surface area (Å²) in [6, 6.07) is 6.82. The third-order valence-electron chi connectivity index (χ3n) is 4.57. The number of aromatic nitrogens is 1. The number of nitrogens with one attached hydrogen (secondary N) is 1. The fourth-order valence-electron chi connectivity index (χ4n) is 2.93. The lowest BCUT2D eigenvalue weighted by Crippen LogP contribution is -2.37. The van der Waals surface area contributed by atoms with Crippen molar-refractivity contribution >= 4 is 32.4 Å². The number of thiazole rings is 1. The van der Waals surface area contributed by atoms with Crippen LogP contribution in [0.3, 0.4) is 0 Å². The number of carbonyl (C=O) groups excluding carboxylic acids is 1. The van der Waals surface area contributed by atoms with Crippen LogP contribution in [0.5, 0.6) is 5.75 Å². The van der Waals surface area contributed by atoms with Crippen LogP contribution in [0.2, 0.25) is 0 Å². The lowest BCUT2D eigenvalue weighted by atomic mass is 10.2. The van der Waals surface area contributed by atoms with Crippen molar-refractivity contribution in [1.82, 2.24) is 9.29 Å². The molecule has 0 radical (unpaired) electrons. The van der Waals surface area contributed by atoms with E-state index in [1.807, 2.05) is 0 Å². The van der Waals surface area contributed by atoms with Gasteiger partial charge in [-0.15, -0.1) is 11.3 Å². The van der Waals surface area contributed by atoms with Crippen molar-refractivity contribution in [3.63, 3.8) is 0 Å². The lowest BCUT2D eigenvalue weighted by molar-refractivity contribution is 0.102. The Morgan fingerprint density at radius 2 is 2.04 bits per heavy atom. The molecule has 2 aromatic rings. The minimum Gasteiger partial charge on any atom is -0.497 e. The molecule has 0 spiro atoms. The molecule has 0 unspecified atom stereocenters. The van der Waals surface area contributed by atoms with E-state index < -0.39 is 10.0 Å². The Morgan fingerprint density at radius 1 is 1.31 bits per heavy atom. The highest BCUT2D eigenvalue weighted by atomic mass is 32.2. The molecule has 4 rings (SSSR count). The summed E-state index contributed by atoms with van der Waals surface area (Å²) in [6.07, 6.45) is 2.10. The van der Waals surface area contributed by atoms with Gasteiger partial charge in [0.1, 0.15) is 5.75 Å². The number of ether oxygens (including phenoxy) is 1. The Bertz CT molecular complexity index is 933. The molecule has 0 bridgehead atoms. The molecule has 1 aromatic carbocycles. The largest absolute Gasteiger partial charge is 0.497 e. The highest BCUT2D eigenvalue weighted by molar-refractivity contribution is 7.90. The number of benzene rings is 1. The maximum Gasteiger partial charge on any atom is 0.257 e. The van der Waals surface area contributed by atoms with Crippen LogP contribution >= 0.6 is 11.3 Å². The SMILES string of the molecule is COc1ccc(C(=O)Nc2nc3c(s2)CN(S(=O)(=O)C2CC2)CC3)cc1. The van der Waals surface area contributed by atoms with Gasteiger partial charge in [0, 0.05) is 30.0 Å². The van der Waals surface area contributed by atoms with Crippen molar-refractivity contribution < 1.29 is 17.9 Å². The zero-order valence-corrected chi connectivity index (χ0v) is 15.9. The molecule has 1 aliphatic heterocycles. The Balaban J connectivity index is 1.46. The molecule has 7 nitrogen and oxygen atoms in total. The van der Waals surface area contributed by atoms with Gasteiger partial charge in [-0.2, -0.15) is 4.31 Å². The number of hydrogen-bond donors (Lipinski definition) is 1. The number of amides is 1. The maximum atomic E-state index is 12.4. The van der Waals surface area contributed by atoms with E-state index in [4.69, 9.17) is 4.74 Å². The molecule has 1 fully saturated rings. The van der Waals surface area contributed by atoms with Crippen LogP contribution in [0.1, 0.15) is 33.8 Å². The first kappa shape index (κ1) is 17.4. The quantitative estimate of drug-likeness (QED) is 0.842. The Labute approximate surface area is 156 Å². The summed E-state index contributed by atoms with van der Waals surface area (Å²) in [6.45, 7) is 0.811. The van der Waals surface area contributed by atoms with Gasteiger partial charge in [-0.05, 0) is 37.1 Å². The van der Waals surface area contributed by atoms with Crippen molar-refractivity contribution in [1.29, 1.82) is 0 Å². The van der Waals surface area contributed by atoms with Gasteiger partial charge in [-0.25, -0.2) is 13.4 Å². The summed E-state index contributed by atoms with van der Waals surface area (Å²) >= 11 is 1.34. The summed E-state index contributed by atoms with van der Waals surface area (Å²) in [5.74, 6) is 0.435. The van der Waals surface area contributed by atoms with Crippen molar-refractivity contribution in [3.05, 3.63) is 40.4 Å². The average Bonchev–Trinajstić information content (AvgIpc) is 3.42. The van der Waals surface area contributed by atoms with E-state index in [0.717, 1.165) is 23.4 Å². The molecule has 2 heterocycles. The summed E-state index contributed by atoms with van der Waals surface area (Å²) in [4.78, 5) is 17.7. The number of rotatable bonds is 5. The molecule has 26 heavy (non-hydrogen) atoms. The molecule has 1 amide bonds. The smallest absolute Gasteiger partial charge is 0.257 e. The van der Waals surface area contributed by atoms with E-state index in [-0.39, 0.29) is 11.2 Å². The van der Waals surface area contributed by atoms with Gasteiger partial charge in [0.25, 0.3) is 5.91 Å². The fraction of sp³-hybridized carbons (Fsp3) is 0.412. The molecule has 9 heteroatoms. The minimum atomic E-state index is -3.18. The van der Waals surface area contributed by atoms with Crippen LogP contribution in [-0.4, -0.2) is 42.5 Å². The first-order valence-corrected chi connectivity index (χ1v) is 10.7. The van der Waals surface area contributed by atoms with E-state index >= 15 is 0 Å². The van der Waals surface area contributed by atoms with Crippen molar-refractivity contribution in [3.8, 4) is 5.75 Å². The fourth-order valence-corrected chi connectivity index (χ4v) is 5.84. The number of nitrogens with zero attached hydrogens (tertiary/aromatic N) is 2. The third-order valence-corrected chi connectivity index (χ3v) is 7.92. The van der Waals surface area contributed by atoms with Gasteiger partial charge in [0.05, 0.1) is 18.1 Å². The first-order chi connectivity index (χ1) is 12.5. The number of sulfonamides is 1. The van der Waals surface area contributed by atoms with E-state index in [2.05, 4.69) is 10.3 Å². The van der Waals surface area contributed by atoms with Crippen molar-refractivity contribution in [2.75, 3.05) is 19.0 Å². The van der Waals surface area contributed by atoms with Crippen LogP contribution in [0.15, 0.2) is 24.3 Å². The summed E-state index contributed by atoms with van der Waals surface area (Å²) in [5.41, 5.74) is 1.39. The Kier molecular flexibility index (Phi) is 4.45. The highest BCUT2D eigenvalue weighted by Crippen LogP contribution is 2.35. The summed E-state index contributed by atoms with van der Waals surface area (Å²) in [7, 11) is -1.61. The van der Waals surface area contributed by atoms with Gasteiger partial charge in [0.15, 0.2) is 5.13 Å². The molecule has 1 aromatic heterocycles. The van der Waals surface area contributed by atoms with Gasteiger partial charge in [-0.1, -0.05) is 0 Å². The van der Waals surface area contributed by atoms with Crippen molar-refractivity contribution in [2.24, 2.45) is 0 Å². The van der Waals surface area contributed by atoms with E-state index in [1.54, 1.807) is 35.7 Å². The molecule has 1 saturated carbocycles. The molecule has 0 atom stereocenters. The maximum absolute atomic E-state index is 12.4. The van der Waals surface area contributed by atoms with E-state index in [0.29, 0.717) is 36.0 Å². The topological polar surface area (TPSA) is 88.6 Å². The lowest BCUT2D eigenvalue weighted by Gasteiger charge is -2.25. The van der Waals surface area contributed by atoms with Crippen LogP contribution in [0.25, 0.3) is 0 Å². The van der Waals surface area contributed by atoms with E-state index in [1.165, 1.54) is 11.3 Å². The monoisotopic (exact) mass is 393 g/mol. The normalized spacial score (nSPS) is 17.6. The first-order valence-electron chi connectivity index (χ1n) is 8.40. The second-order valence-electron chi connectivity index (χ2n) is 6.40. The molecule has 2 aliphatic rings. The number of hydrogen-bond acceptors (Lipinski definition) is 6. The van der Waals surface area contributed by atoms with Gasteiger partial charge >= 0.3 is 0 Å². The second kappa shape index (κ2) is 6.64. The zero-order chi connectivity index (χ0) is 18.3. The second-order valence-corrected chi connectivity index (χ2v) is 9.70. The van der Waals surface area contributed by atoms with Gasteiger partial charge in [0.2, 0.25) is 10.0 Å². The molecular formula is C17H19N3O4S2. The van der Waals surface area contributed by atoms with Crippen LogP contribution in [0.4, 0.5) is 5.13 Å². The standard InChI is InChI=1S/C17H19N3O4S2/c1-24-12-4-2-11(3-5-12)16(21)19-17-18-14-8-9-20(10-15(14)25-17)26(22,23)13-6-7-13/h2-5,13H,6-10H2,1H3,(H,18,19,21). The van der Waals surface area contributed by atoms with Gasteiger partial charge in [-0.3, -0.25) is 10.1 Å². The molecule has 0 saturated heterocycles. The number of methoxy groups -OCH3 is 1. The molecule has 1 N–H and O–H groups in total.